The minimum atomic E-state index is -0.730. The van der Waals surface area contributed by atoms with Gasteiger partial charge >= 0.3 is 0 Å². The summed E-state index contributed by atoms with van der Waals surface area (Å²) in [5, 5.41) is 9.43. The summed E-state index contributed by atoms with van der Waals surface area (Å²) < 4.78 is 12.6. The monoisotopic (exact) mass is 189 g/mol. The van der Waals surface area contributed by atoms with Gasteiger partial charge in [-0.15, -0.1) is 0 Å². The molecule has 1 unspecified atom stereocenters. The molecule has 0 aliphatic carbocycles. The van der Waals surface area contributed by atoms with Gasteiger partial charge in [-0.2, -0.15) is 0 Å². The molecule has 1 saturated heterocycles. The predicted molar refractivity (Wildman–Crippen MR) is 51.5 cm³/mol. The van der Waals surface area contributed by atoms with Crippen LogP contribution in [0.4, 0.5) is 4.39 Å². The Kier molecular flexibility index (Phi) is 4.13. The Morgan fingerprint density at radius 2 is 2.23 bits per heavy atom. The van der Waals surface area contributed by atoms with Gasteiger partial charge in [0.15, 0.2) is 0 Å². The van der Waals surface area contributed by atoms with Crippen molar-refractivity contribution in [1.29, 1.82) is 0 Å². The summed E-state index contributed by atoms with van der Waals surface area (Å²) in [6.45, 7) is 5.23. The van der Waals surface area contributed by atoms with Gasteiger partial charge in [-0.05, 0) is 33.1 Å². The smallest absolute Gasteiger partial charge is 0.0985 e. The fourth-order valence-electron chi connectivity index (χ4n) is 1.81. The molecule has 1 aliphatic heterocycles. The quantitative estimate of drug-likeness (QED) is 0.728. The average molecular weight is 189 g/mol. The molecule has 1 heterocycles. The zero-order chi connectivity index (χ0) is 9.84. The first-order chi connectivity index (χ1) is 6.09. The molecule has 2 nitrogen and oxygen atoms in total. The van der Waals surface area contributed by atoms with E-state index < -0.39 is 6.17 Å². The number of alkyl halides is 1. The highest BCUT2D eigenvalue weighted by Crippen LogP contribution is 2.17. The number of aliphatic hydroxyl groups is 1. The highest BCUT2D eigenvalue weighted by Gasteiger charge is 2.23. The van der Waals surface area contributed by atoms with E-state index >= 15 is 0 Å². The highest BCUT2D eigenvalue weighted by molar-refractivity contribution is 4.78. The number of aliphatic hydroxyl groups excluding tert-OH is 1. The van der Waals surface area contributed by atoms with Crippen LogP contribution >= 0.6 is 0 Å². The second-order valence-electron chi connectivity index (χ2n) is 4.14. The molecule has 3 atom stereocenters. The SMILES string of the molecule is CC(F)CCN1C[C@H](O)CC[C@H]1C. The van der Waals surface area contributed by atoms with E-state index in [-0.39, 0.29) is 6.10 Å². The Morgan fingerprint density at radius 3 is 2.85 bits per heavy atom. The van der Waals surface area contributed by atoms with Gasteiger partial charge in [0.2, 0.25) is 0 Å². The van der Waals surface area contributed by atoms with E-state index in [2.05, 4.69) is 11.8 Å². The molecule has 1 aliphatic rings. The van der Waals surface area contributed by atoms with Gasteiger partial charge in [-0.25, -0.2) is 4.39 Å². The molecule has 1 N–H and O–H groups in total. The summed E-state index contributed by atoms with van der Waals surface area (Å²) in [4.78, 5) is 2.18. The third-order valence-electron chi connectivity index (χ3n) is 2.80. The summed E-state index contributed by atoms with van der Waals surface area (Å²) in [6, 6.07) is 0.502. The van der Waals surface area contributed by atoms with Crippen LogP contribution in [-0.4, -0.2) is 41.4 Å². The maximum Gasteiger partial charge on any atom is 0.0985 e. The van der Waals surface area contributed by atoms with Gasteiger partial charge in [0.05, 0.1) is 12.3 Å². The first-order valence-corrected chi connectivity index (χ1v) is 5.15. The van der Waals surface area contributed by atoms with Gasteiger partial charge in [-0.3, -0.25) is 4.90 Å². The molecule has 1 rings (SSSR count). The van der Waals surface area contributed by atoms with E-state index in [4.69, 9.17) is 0 Å². The molecule has 0 bridgehead atoms. The number of hydrogen-bond acceptors (Lipinski definition) is 2. The fourth-order valence-corrected chi connectivity index (χ4v) is 1.81. The van der Waals surface area contributed by atoms with Gasteiger partial charge in [0.25, 0.3) is 0 Å². The van der Waals surface area contributed by atoms with Crippen molar-refractivity contribution >= 4 is 0 Å². The third-order valence-corrected chi connectivity index (χ3v) is 2.80. The van der Waals surface area contributed by atoms with Crippen molar-refractivity contribution in [3.8, 4) is 0 Å². The molecule has 0 aromatic carbocycles. The standard InChI is InChI=1S/C10H20FNO/c1-8(11)5-6-12-7-10(13)4-3-9(12)2/h8-10,13H,3-7H2,1-2H3/t8?,9-,10-/m1/s1. The minimum Gasteiger partial charge on any atom is -0.392 e. The molecule has 0 radical (unpaired) electrons. The summed E-state index contributed by atoms with van der Waals surface area (Å²) in [7, 11) is 0. The molecule has 78 valence electrons. The van der Waals surface area contributed by atoms with E-state index in [0.29, 0.717) is 19.0 Å². The largest absolute Gasteiger partial charge is 0.392 e. The molecule has 0 saturated carbocycles. The lowest BCUT2D eigenvalue weighted by atomic mass is 10.0. The van der Waals surface area contributed by atoms with Crippen molar-refractivity contribution in [3.05, 3.63) is 0 Å². The Balaban J connectivity index is 2.29. The maximum absolute atomic E-state index is 12.6. The van der Waals surface area contributed by atoms with Gasteiger partial charge < -0.3 is 5.11 Å². The van der Waals surface area contributed by atoms with Crippen LogP contribution in [0.5, 0.6) is 0 Å². The normalized spacial score (nSPS) is 33.2. The van der Waals surface area contributed by atoms with Crippen molar-refractivity contribution in [2.75, 3.05) is 13.1 Å². The third kappa shape index (κ3) is 3.61. The van der Waals surface area contributed by atoms with Crippen LogP contribution in [-0.2, 0) is 0 Å². The summed E-state index contributed by atoms with van der Waals surface area (Å²) in [5.74, 6) is 0. The predicted octanol–water partition coefficient (Wildman–Crippen LogP) is 1.58. The van der Waals surface area contributed by atoms with Gasteiger partial charge in [-0.1, -0.05) is 0 Å². The number of β-amino-alcohol motifs (C(OH)–C–C–N with tert-alkyl or cyclic N) is 1. The van der Waals surface area contributed by atoms with Crippen LogP contribution in [0.2, 0.25) is 0 Å². The first-order valence-electron chi connectivity index (χ1n) is 5.15. The van der Waals surface area contributed by atoms with Crippen LogP contribution in [0.25, 0.3) is 0 Å². The molecular formula is C10H20FNO. The van der Waals surface area contributed by atoms with Crippen LogP contribution in [0.3, 0.4) is 0 Å². The lowest BCUT2D eigenvalue weighted by Crippen LogP contribution is -2.44. The molecule has 3 heteroatoms. The number of rotatable bonds is 3. The van der Waals surface area contributed by atoms with Crippen molar-refractivity contribution in [1.82, 2.24) is 4.90 Å². The lowest BCUT2D eigenvalue weighted by molar-refractivity contribution is 0.0371. The zero-order valence-corrected chi connectivity index (χ0v) is 8.54. The maximum atomic E-state index is 12.6. The Morgan fingerprint density at radius 1 is 1.54 bits per heavy atom. The molecular weight excluding hydrogens is 169 g/mol. The Bertz CT molecular complexity index is 152. The molecule has 0 aromatic rings. The number of piperidine rings is 1. The average Bonchev–Trinajstić information content (AvgIpc) is 2.06. The van der Waals surface area contributed by atoms with Crippen molar-refractivity contribution in [2.45, 2.75) is 51.4 Å². The number of hydrogen-bond donors (Lipinski definition) is 1. The van der Waals surface area contributed by atoms with Gasteiger partial charge in [0.1, 0.15) is 0 Å². The summed E-state index contributed by atoms with van der Waals surface area (Å²) in [6.07, 6.45) is 1.57. The topological polar surface area (TPSA) is 23.5 Å². The van der Waals surface area contributed by atoms with E-state index in [1.165, 1.54) is 0 Å². The van der Waals surface area contributed by atoms with Crippen molar-refractivity contribution < 1.29 is 9.50 Å². The number of nitrogens with zero attached hydrogens (tertiary/aromatic N) is 1. The first kappa shape index (κ1) is 10.9. The van der Waals surface area contributed by atoms with Crippen molar-refractivity contribution in [3.63, 3.8) is 0 Å². The van der Waals surface area contributed by atoms with Crippen molar-refractivity contribution in [2.24, 2.45) is 0 Å². The molecule has 0 aromatic heterocycles. The number of halogens is 1. The lowest BCUT2D eigenvalue weighted by Gasteiger charge is -2.36. The number of likely N-dealkylation sites (tertiary alicyclic amines) is 1. The van der Waals surface area contributed by atoms with Gasteiger partial charge in [0, 0.05) is 19.1 Å². The molecule has 13 heavy (non-hydrogen) atoms. The van der Waals surface area contributed by atoms with Crippen LogP contribution in [0.1, 0.15) is 33.1 Å². The van der Waals surface area contributed by atoms with E-state index in [1.54, 1.807) is 6.92 Å². The minimum absolute atomic E-state index is 0.203. The summed E-state index contributed by atoms with van der Waals surface area (Å²) >= 11 is 0. The van der Waals surface area contributed by atoms with E-state index in [0.717, 1.165) is 19.4 Å². The summed E-state index contributed by atoms with van der Waals surface area (Å²) in [5.41, 5.74) is 0. The zero-order valence-electron chi connectivity index (χ0n) is 8.54. The Labute approximate surface area is 79.7 Å². The second-order valence-corrected chi connectivity index (χ2v) is 4.14. The highest BCUT2D eigenvalue weighted by atomic mass is 19.1. The van der Waals surface area contributed by atoms with Crippen LogP contribution in [0.15, 0.2) is 0 Å². The molecule has 0 amide bonds. The Hall–Kier alpha value is -0.150. The van der Waals surface area contributed by atoms with Crippen LogP contribution < -0.4 is 0 Å². The molecule has 1 fully saturated rings. The second kappa shape index (κ2) is 4.91. The van der Waals surface area contributed by atoms with E-state index in [1.807, 2.05) is 0 Å². The molecule has 0 spiro atoms. The van der Waals surface area contributed by atoms with E-state index in [9.17, 15) is 9.50 Å². The van der Waals surface area contributed by atoms with Crippen LogP contribution in [0, 0.1) is 0 Å². The fraction of sp³-hybridized carbons (Fsp3) is 1.00.